The zero-order valence-corrected chi connectivity index (χ0v) is 9.05. The summed E-state index contributed by atoms with van der Waals surface area (Å²) in [5.41, 5.74) is 5.37. The van der Waals surface area contributed by atoms with Gasteiger partial charge in [0.2, 0.25) is 5.91 Å². The van der Waals surface area contributed by atoms with Gasteiger partial charge in [-0.1, -0.05) is 20.3 Å². The van der Waals surface area contributed by atoms with Gasteiger partial charge in [0.1, 0.15) is 0 Å². The van der Waals surface area contributed by atoms with Gasteiger partial charge in [-0.15, -0.1) is 0 Å². The van der Waals surface area contributed by atoms with Crippen LogP contribution in [-0.4, -0.2) is 30.9 Å². The van der Waals surface area contributed by atoms with Crippen molar-refractivity contribution in [2.45, 2.75) is 33.1 Å². The van der Waals surface area contributed by atoms with Crippen LogP contribution >= 0.6 is 0 Å². The number of carbonyl (C=O) groups excluding carboxylic acids is 1. The molecule has 0 rings (SSSR count). The molecule has 2 N–H and O–H groups in total. The largest absolute Gasteiger partial charge is 0.346 e. The van der Waals surface area contributed by atoms with Gasteiger partial charge in [-0.2, -0.15) is 0 Å². The van der Waals surface area contributed by atoms with Gasteiger partial charge in [-0.25, -0.2) is 0 Å². The van der Waals surface area contributed by atoms with Crippen LogP contribution in [0.15, 0.2) is 0 Å². The third-order valence-electron chi connectivity index (χ3n) is 2.34. The van der Waals surface area contributed by atoms with Crippen molar-refractivity contribution in [2.75, 3.05) is 20.1 Å². The maximum Gasteiger partial charge on any atom is 0.222 e. The molecular weight excluding hydrogens is 164 g/mol. The van der Waals surface area contributed by atoms with E-state index in [0.29, 0.717) is 18.9 Å². The second kappa shape index (κ2) is 6.89. The monoisotopic (exact) mass is 186 g/mol. The Labute approximate surface area is 81.3 Å². The maximum absolute atomic E-state index is 11.5. The van der Waals surface area contributed by atoms with Crippen molar-refractivity contribution in [1.82, 2.24) is 4.90 Å². The van der Waals surface area contributed by atoms with Gasteiger partial charge in [-0.05, 0) is 18.9 Å². The van der Waals surface area contributed by atoms with Crippen molar-refractivity contribution >= 4 is 5.91 Å². The molecule has 0 saturated heterocycles. The van der Waals surface area contributed by atoms with Crippen molar-refractivity contribution < 1.29 is 4.79 Å². The number of amides is 1. The van der Waals surface area contributed by atoms with E-state index >= 15 is 0 Å². The average Bonchev–Trinajstić information content (AvgIpc) is 2.13. The molecule has 13 heavy (non-hydrogen) atoms. The molecule has 0 aliphatic heterocycles. The van der Waals surface area contributed by atoms with Gasteiger partial charge in [0.15, 0.2) is 0 Å². The third-order valence-corrected chi connectivity index (χ3v) is 2.34. The highest BCUT2D eigenvalue weighted by atomic mass is 16.2. The molecule has 0 fully saturated rings. The van der Waals surface area contributed by atoms with E-state index in [1.165, 1.54) is 0 Å². The summed E-state index contributed by atoms with van der Waals surface area (Å²) in [6.45, 7) is 5.65. The topological polar surface area (TPSA) is 46.3 Å². The van der Waals surface area contributed by atoms with Crippen LogP contribution in [0.4, 0.5) is 0 Å². The van der Waals surface area contributed by atoms with Crippen LogP contribution in [0.5, 0.6) is 0 Å². The van der Waals surface area contributed by atoms with E-state index in [0.717, 1.165) is 19.4 Å². The summed E-state index contributed by atoms with van der Waals surface area (Å²) in [5, 5.41) is 0. The van der Waals surface area contributed by atoms with Gasteiger partial charge in [0, 0.05) is 20.0 Å². The number of nitrogens with two attached hydrogens (primary N) is 1. The molecule has 0 heterocycles. The van der Waals surface area contributed by atoms with Crippen molar-refractivity contribution in [3.63, 3.8) is 0 Å². The summed E-state index contributed by atoms with van der Waals surface area (Å²) in [6, 6.07) is 0. The number of hydrogen-bond donors (Lipinski definition) is 1. The zero-order chi connectivity index (χ0) is 10.3. The van der Waals surface area contributed by atoms with E-state index in [9.17, 15) is 4.79 Å². The molecule has 0 saturated carbocycles. The van der Waals surface area contributed by atoms with Crippen molar-refractivity contribution in [1.29, 1.82) is 0 Å². The standard InChI is InChI=1S/C10H22N2O/c1-4-9(2)8-10(13)12(3)7-5-6-11/h9H,4-8,11H2,1-3H3. The number of nitrogens with zero attached hydrogens (tertiary/aromatic N) is 1. The molecular formula is C10H22N2O. The first-order valence-electron chi connectivity index (χ1n) is 5.05. The van der Waals surface area contributed by atoms with Gasteiger partial charge < -0.3 is 10.6 Å². The quantitative estimate of drug-likeness (QED) is 0.678. The summed E-state index contributed by atoms with van der Waals surface area (Å²) in [5.74, 6) is 0.732. The summed E-state index contributed by atoms with van der Waals surface area (Å²) >= 11 is 0. The Balaban J connectivity index is 3.68. The number of hydrogen-bond acceptors (Lipinski definition) is 2. The Kier molecular flexibility index (Phi) is 6.59. The molecule has 3 nitrogen and oxygen atoms in total. The van der Waals surface area contributed by atoms with E-state index in [-0.39, 0.29) is 5.91 Å². The van der Waals surface area contributed by atoms with Crippen LogP contribution in [0.1, 0.15) is 33.1 Å². The Morgan fingerprint density at radius 2 is 2.15 bits per heavy atom. The van der Waals surface area contributed by atoms with E-state index in [1.807, 2.05) is 7.05 Å². The van der Waals surface area contributed by atoms with Crippen LogP contribution in [0.25, 0.3) is 0 Å². The van der Waals surface area contributed by atoms with Gasteiger partial charge in [0.25, 0.3) is 0 Å². The molecule has 0 aromatic carbocycles. The molecule has 0 aromatic heterocycles. The predicted molar refractivity (Wildman–Crippen MR) is 55.4 cm³/mol. The molecule has 1 amide bonds. The first-order valence-corrected chi connectivity index (χ1v) is 5.05. The van der Waals surface area contributed by atoms with Gasteiger partial charge in [0.05, 0.1) is 0 Å². The molecule has 0 aliphatic carbocycles. The Morgan fingerprint density at radius 3 is 2.62 bits per heavy atom. The Hall–Kier alpha value is -0.570. The molecule has 0 aliphatic rings. The van der Waals surface area contributed by atoms with Gasteiger partial charge >= 0.3 is 0 Å². The Bertz CT molecular complexity index is 148. The second-order valence-corrected chi connectivity index (χ2v) is 3.68. The van der Waals surface area contributed by atoms with Crippen LogP contribution in [0, 0.1) is 5.92 Å². The predicted octanol–water partition coefficient (Wildman–Crippen LogP) is 1.23. The highest BCUT2D eigenvalue weighted by Crippen LogP contribution is 2.08. The molecule has 1 unspecified atom stereocenters. The first kappa shape index (κ1) is 12.4. The van der Waals surface area contributed by atoms with E-state index in [2.05, 4.69) is 13.8 Å². The Morgan fingerprint density at radius 1 is 1.54 bits per heavy atom. The fourth-order valence-electron chi connectivity index (χ4n) is 1.05. The lowest BCUT2D eigenvalue weighted by atomic mass is 10.0. The molecule has 3 heteroatoms. The molecule has 0 spiro atoms. The van der Waals surface area contributed by atoms with E-state index < -0.39 is 0 Å². The smallest absolute Gasteiger partial charge is 0.222 e. The summed E-state index contributed by atoms with van der Waals surface area (Å²) in [7, 11) is 1.85. The van der Waals surface area contributed by atoms with Crippen LogP contribution in [0.3, 0.4) is 0 Å². The second-order valence-electron chi connectivity index (χ2n) is 3.68. The molecule has 0 radical (unpaired) electrons. The van der Waals surface area contributed by atoms with E-state index in [4.69, 9.17) is 5.73 Å². The summed E-state index contributed by atoms with van der Waals surface area (Å²) in [6.07, 6.45) is 2.62. The maximum atomic E-state index is 11.5. The lowest BCUT2D eigenvalue weighted by Crippen LogP contribution is -2.29. The van der Waals surface area contributed by atoms with Crippen molar-refractivity contribution in [3.8, 4) is 0 Å². The van der Waals surface area contributed by atoms with Crippen LogP contribution in [-0.2, 0) is 4.79 Å². The van der Waals surface area contributed by atoms with Crippen molar-refractivity contribution in [3.05, 3.63) is 0 Å². The SMILES string of the molecule is CCC(C)CC(=O)N(C)CCCN. The van der Waals surface area contributed by atoms with Gasteiger partial charge in [-0.3, -0.25) is 4.79 Å². The highest BCUT2D eigenvalue weighted by Gasteiger charge is 2.11. The molecule has 1 atom stereocenters. The third kappa shape index (κ3) is 5.64. The minimum atomic E-state index is 0.239. The normalized spacial score (nSPS) is 12.6. The summed E-state index contributed by atoms with van der Waals surface area (Å²) < 4.78 is 0. The minimum Gasteiger partial charge on any atom is -0.346 e. The number of carbonyl (C=O) groups is 1. The van der Waals surface area contributed by atoms with E-state index in [1.54, 1.807) is 4.90 Å². The molecule has 78 valence electrons. The average molecular weight is 186 g/mol. The molecule has 0 aromatic rings. The lowest BCUT2D eigenvalue weighted by Gasteiger charge is -2.18. The lowest BCUT2D eigenvalue weighted by molar-refractivity contribution is -0.130. The minimum absolute atomic E-state index is 0.239. The number of rotatable bonds is 6. The fraction of sp³-hybridized carbons (Fsp3) is 0.900. The fourth-order valence-corrected chi connectivity index (χ4v) is 1.05. The van der Waals surface area contributed by atoms with Crippen LogP contribution < -0.4 is 5.73 Å². The van der Waals surface area contributed by atoms with Crippen LogP contribution in [0.2, 0.25) is 0 Å². The van der Waals surface area contributed by atoms with Crippen molar-refractivity contribution in [2.24, 2.45) is 11.7 Å². The zero-order valence-electron chi connectivity index (χ0n) is 9.05. The first-order chi connectivity index (χ1) is 6.11. The molecule has 0 bridgehead atoms. The summed E-state index contributed by atoms with van der Waals surface area (Å²) in [4.78, 5) is 13.3. The highest BCUT2D eigenvalue weighted by molar-refractivity contribution is 5.76.